The average molecular weight is 320 g/mol. The first-order valence-corrected chi connectivity index (χ1v) is 8.45. The number of nitrogens with zero attached hydrogens (tertiary/aromatic N) is 3. The lowest BCUT2D eigenvalue weighted by atomic mass is 9.95. The van der Waals surface area contributed by atoms with E-state index in [-0.39, 0.29) is 17.2 Å². The Kier molecular flexibility index (Phi) is 3.42. The number of aromatic nitrogens is 2. The smallest absolute Gasteiger partial charge is 0.229 e. The maximum atomic E-state index is 12.8. The van der Waals surface area contributed by atoms with E-state index < -0.39 is 0 Å². The Labute approximate surface area is 141 Å². The lowest BCUT2D eigenvalue weighted by Gasteiger charge is -2.12. The molecule has 5 nitrogen and oxygen atoms in total. The van der Waals surface area contributed by atoms with Gasteiger partial charge in [0.2, 0.25) is 5.91 Å². The minimum atomic E-state index is 0.0424. The van der Waals surface area contributed by atoms with Crippen molar-refractivity contribution in [3.63, 3.8) is 0 Å². The molecular weight excluding hydrogens is 300 g/mol. The SMILES string of the molecule is Cc1cc(NC(=O)[C@H]2C[C@]23CCc2ccccc23)n(CCC#N)n1. The largest absolute Gasteiger partial charge is 0.311 e. The van der Waals surface area contributed by atoms with Gasteiger partial charge in [0.15, 0.2) is 0 Å². The molecular formula is C19H20N4O. The monoisotopic (exact) mass is 320 g/mol. The molecule has 1 spiro atoms. The van der Waals surface area contributed by atoms with Crippen LogP contribution in [0.1, 0.15) is 36.1 Å². The molecule has 1 fully saturated rings. The van der Waals surface area contributed by atoms with E-state index in [0.29, 0.717) is 18.8 Å². The van der Waals surface area contributed by atoms with Crippen molar-refractivity contribution in [3.8, 4) is 6.07 Å². The van der Waals surface area contributed by atoms with E-state index in [2.05, 4.69) is 40.8 Å². The van der Waals surface area contributed by atoms with Crippen molar-refractivity contribution in [2.45, 2.75) is 44.6 Å². The summed E-state index contributed by atoms with van der Waals surface area (Å²) < 4.78 is 1.72. The van der Waals surface area contributed by atoms with Gasteiger partial charge >= 0.3 is 0 Å². The summed E-state index contributed by atoms with van der Waals surface area (Å²) in [5, 5.41) is 16.2. The first-order chi connectivity index (χ1) is 11.6. The van der Waals surface area contributed by atoms with Crippen LogP contribution in [0.15, 0.2) is 30.3 Å². The van der Waals surface area contributed by atoms with Gasteiger partial charge in [-0.2, -0.15) is 10.4 Å². The summed E-state index contributed by atoms with van der Waals surface area (Å²) in [6.45, 7) is 2.39. The van der Waals surface area contributed by atoms with Gasteiger partial charge < -0.3 is 5.32 Å². The number of hydrogen-bond donors (Lipinski definition) is 1. The van der Waals surface area contributed by atoms with Crippen LogP contribution in [0.3, 0.4) is 0 Å². The van der Waals surface area contributed by atoms with Crippen LogP contribution in [0.4, 0.5) is 5.82 Å². The van der Waals surface area contributed by atoms with Crippen LogP contribution in [0.2, 0.25) is 0 Å². The molecule has 1 saturated carbocycles. The molecule has 122 valence electrons. The van der Waals surface area contributed by atoms with Crippen molar-refractivity contribution < 1.29 is 4.79 Å². The number of fused-ring (bicyclic) bond motifs is 2. The van der Waals surface area contributed by atoms with Gasteiger partial charge in [-0.1, -0.05) is 24.3 Å². The lowest BCUT2D eigenvalue weighted by Crippen LogP contribution is -2.21. The zero-order valence-electron chi connectivity index (χ0n) is 13.7. The van der Waals surface area contributed by atoms with Crippen LogP contribution < -0.4 is 5.32 Å². The molecule has 0 radical (unpaired) electrons. The molecule has 1 heterocycles. The summed E-state index contributed by atoms with van der Waals surface area (Å²) in [7, 11) is 0. The number of nitrogens with one attached hydrogen (secondary N) is 1. The molecule has 1 aromatic carbocycles. The first kappa shape index (κ1) is 14.9. The molecule has 0 aliphatic heterocycles. The summed E-state index contributed by atoms with van der Waals surface area (Å²) in [6, 6.07) is 12.5. The van der Waals surface area contributed by atoms with Gasteiger partial charge in [0.1, 0.15) is 5.82 Å². The predicted octanol–water partition coefficient (Wildman–Crippen LogP) is 2.95. The number of amides is 1. The van der Waals surface area contributed by atoms with Gasteiger partial charge in [-0.25, -0.2) is 4.68 Å². The van der Waals surface area contributed by atoms with Gasteiger partial charge in [0.25, 0.3) is 0 Å². The highest BCUT2D eigenvalue weighted by molar-refractivity contribution is 5.95. The van der Waals surface area contributed by atoms with E-state index in [4.69, 9.17) is 5.26 Å². The third-order valence-corrected chi connectivity index (χ3v) is 5.37. The van der Waals surface area contributed by atoms with E-state index in [9.17, 15) is 4.79 Å². The van der Waals surface area contributed by atoms with E-state index in [1.165, 1.54) is 11.1 Å². The van der Waals surface area contributed by atoms with Crippen molar-refractivity contribution >= 4 is 11.7 Å². The maximum absolute atomic E-state index is 12.8. The Morgan fingerprint density at radius 3 is 3.17 bits per heavy atom. The highest BCUT2D eigenvalue weighted by Gasteiger charge is 2.61. The zero-order chi connectivity index (χ0) is 16.7. The number of rotatable bonds is 4. The highest BCUT2D eigenvalue weighted by Crippen LogP contribution is 2.61. The summed E-state index contributed by atoms with van der Waals surface area (Å²) in [5.41, 5.74) is 3.65. The Morgan fingerprint density at radius 2 is 2.33 bits per heavy atom. The molecule has 2 aliphatic rings. The fourth-order valence-electron chi connectivity index (χ4n) is 4.13. The first-order valence-electron chi connectivity index (χ1n) is 8.45. The fraction of sp³-hybridized carbons (Fsp3) is 0.421. The topological polar surface area (TPSA) is 70.7 Å². The maximum Gasteiger partial charge on any atom is 0.229 e. The number of benzene rings is 1. The van der Waals surface area contributed by atoms with Crippen LogP contribution in [-0.2, 0) is 23.2 Å². The van der Waals surface area contributed by atoms with Crippen LogP contribution in [-0.4, -0.2) is 15.7 Å². The predicted molar refractivity (Wildman–Crippen MR) is 90.4 cm³/mol. The molecule has 2 atom stereocenters. The summed E-state index contributed by atoms with van der Waals surface area (Å²) in [5.74, 6) is 0.812. The van der Waals surface area contributed by atoms with Gasteiger partial charge in [0, 0.05) is 17.4 Å². The van der Waals surface area contributed by atoms with Crippen molar-refractivity contribution in [3.05, 3.63) is 47.2 Å². The molecule has 1 amide bonds. The third kappa shape index (κ3) is 2.30. The quantitative estimate of drug-likeness (QED) is 0.941. The van der Waals surface area contributed by atoms with Crippen LogP contribution >= 0.6 is 0 Å². The van der Waals surface area contributed by atoms with Gasteiger partial charge in [-0.15, -0.1) is 0 Å². The number of carbonyl (C=O) groups is 1. The number of carbonyl (C=O) groups excluding carboxylic acids is 1. The Balaban J connectivity index is 1.51. The van der Waals surface area contributed by atoms with E-state index in [0.717, 1.165) is 25.0 Å². The Hall–Kier alpha value is -2.61. The normalized spacial score (nSPS) is 23.8. The number of hydrogen-bond acceptors (Lipinski definition) is 3. The van der Waals surface area contributed by atoms with Crippen molar-refractivity contribution in [2.75, 3.05) is 5.32 Å². The molecule has 0 bridgehead atoms. The minimum absolute atomic E-state index is 0.0424. The van der Waals surface area contributed by atoms with E-state index in [1.54, 1.807) is 4.68 Å². The zero-order valence-corrected chi connectivity index (χ0v) is 13.7. The Bertz CT molecular complexity index is 847. The van der Waals surface area contributed by atoms with Crippen molar-refractivity contribution in [1.82, 2.24) is 9.78 Å². The van der Waals surface area contributed by atoms with Gasteiger partial charge in [-0.05, 0) is 37.3 Å². The second-order valence-electron chi connectivity index (χ2n) is 6.86. The number of anilines is 1. The average Bonchev–Trinajstić information content (AvgIpc) is 3.06. The van der Waals surface area contributed by atoms with Crippen molar-refractivity contribution in [1.29, 1.82) is 5.26 Å². The summed E-state index contributed by atoms with van der Waals surface area (Å²) in [4.78, 5) is 12.8. The molecule has 1 N–H and O–H groups in total. The highest BCUT2D eigenvalue weighted by atomic mass is 16.2. The summed E-state index contributed by atoms with van der Waals surface area (Å²) >= 11 is 0. The number of nitriles is 1. The van der Waals surface area contributed by atoms with Crippen LogP contribution in [0, 0.1) is 24.2 Å². The van der Waals surface area contributed by atoms with E-state index >= 15 is 0 Å². The molecule has 5 heteroatoms. The number of aryl methyl sites for hydroxylation is 3. The third-order valence-electron chi connectivity index (χ3n) is 5.37. The second kappa shape index (κ2) is 5.48. The molecule has 2 aliphatic carbocycles. The van der Waals surface area contributed by atoms with Crippen LogP contribution in [0.25, 0.3) is 0 Å². The molecule has 0 saturated heterocycles. The molecule has 4 rings (SSSR count). The standard InChI is InChI=1S/C19H20N4O/c1-13-11-17(23(22-13)10-4-9-20)21-18(24)16-12-19(16)8-7-14-5-2-3-6-15(14)19/h2-3,5-6,11,16H,4,7-8,10,12H2,1H3,(H,21,24)/t16-,19+/m1/s1. The van der Waals surface area contributed by atoms with Gasteiger partial charge in [-0.3, -0.25) is 4.79 Å². The minimum Gasteiger partial charge on any atom is -0.311 e. The molecule has 24 heavy (non-hydrogen) atoms. The van der Waals surface area contributed by atoms with E-state index in [1.807, 2.05) is 13.0 Å². The fourth-order valence-corrected chi connectivity index (χ4v) is 4.13. The Morgan fingerprint density at radius 1 is 1.50 bits per heavy atom. The molecule has 2 aromatic rings. The van der Waals surface area contributed by atoms with Crippen molar-refractivity contribution in [2.24, 2.45) is 5.92 Å². The molecule has 1 aromatic heterocycles. The van der Waals surface area contributed by atoms with Crippen LogP contribution in [0.5, 0.6) is 0 Å². The second-order valence-corrected chi connectivity index (χ2v) is 6.86. The van der Waals surface area contributed by atoms with Gasteiger partial charge in [0.05, 0.1) is 24.7 Å². The molecule has 0 unspecified atom stereocenters. The lowest BCUT2D eigenvalue weighted by molar-refractivity contribution is -0.117. The summed E-state index contributed by atoms with van der Waals surface area (Å²) in [6.07, 6.45) is 3.45.